The van der Waals surface area contributed by atoms with Gasteiger partial charge in [-0.25, -0.2) is 0 Å². The molecule has 0 atom stereocenters. The number of likely N-dealkylation sites (N-methyl/N-ethyl adjacent to an activating group) is 1. The van der Waals surface area contributed by atoms with Gasteiger partial charge in [0.2, 0.25) is 5.91 Å². The van der Waals surface area contributed by atoms with Crippen molar-refractivity contribution in [1.82, 2.24) is 10.2 Å². The van der Waals surface area contributed by atoms with E-state index in [9.17, 15) is 4.79 Å². The number of hydrogen-bond acceptors (Lipinski definition) is 3. The van der Waals surface area contributed by atoms with Gasteiger partial charge in [-0.2, -0.15) is 0 Å². The van der Waals surface area contributed by atoms with Gasteiger partial charge in [0.15, 0.2) is 0 Å². The second kappa shape index (κ2) is 6.31. The van der Waals surface area contributed by atoms with Crippen LogP contribution in [0.4, 0.5) is 5.69 Å². The molecule has 1 amide bonds. The Kier molecular flexibility index (Phi) is 4.74. The standard InChI is InChI=1S/C13H18BrN3O/c1-16(12-5-3-2-4-11(12)14)13(18)10-17-8-6-15-7-9-17/h2-5,15H,6-10H2,1H3. The Labute approximate surface area is 116 Å². The predicted octanol–water partition coefficient (Wildman–Crippen LogP) is 1.32. The van der Waals surface area contributed by atoms with Gasteiger partial charge in [-0.1, -0.05) is 12.1 Å². The molecule has 1 N–H and O–H groups in total. The molecule has 18 heavy (non-hydrogen) atoms. The van der Waals surface area contributed by atoms with Crippen molar-refractivity contribution in [1.29, 1.82) is 0 Å². The number of nitrogens with zero attached hydrogens (tertiary/aromatic N) is 2. The van der Waals surface area contributed by atoms with Gasteiger partial charge in [0, 0.05) is 37.7 Å². The number of carbonyl (C=O) groups is 1. The molecule has 1 saturated heterocycles. The van der Waals surface area contributed by atoms with Crippen LogP contribution in [0.15, 0.2) is 28.7 Å². The highest BCUT2D eigenvalue weighted by molar-refractivity contribution is 9.10. The van der Waals surface area contributed by atoms with Crippen molar-refractivity contribution in [3.63, 3.8) is 0 Å². The molecule has 1 aromatic carbocycles. The zero-order valence-electron chi connectivity index (χ0n) is 10.5. The molecule has 5 heteroatoms. The average molecular weight is 312 g/mol. The second-order valence-corrected chi connectivity index (χ2v) is 5.28. The highest BCUT2D eigenvalue weighted by Gasteiger charge is 2.18. The summed E-state index contributed by atoms with van der Waals surface area (Å²) >= 11 is 3.47. The topological polar surface area (TPSA) is 35.6 Å². The maximum atomic E-state index is 12.2. The van der Waals surface area contributed by atoms with Crippen LogP contribution in [0.25, 0.3) is 0 Å². The quantitative estimate of drug-likeness (QED) is 0.914. The number of piperazine rings is 1. The number of benzene rings is 1. The fourth-order valence-electron chi connectivity index (χ4n) is 2.02. The molecule has 1 aliphatic rings. The smallest absolute Gasteiger partial charge is 0.240 e. The minimum Gasteiger partial charge on any atom is -0.314 e. The van der Waals surface area contributed by atoms with E-state index in [1.807, 2.05) is 31.3 Å². The minimum atomic E-state index is 0.129. The number of anilines is 1. The first-order valence-electron chi connectivity index (χ1n) is 6.12. The number of halogens is 1. The van der Waals surface area contributed by atoms with Gasteiger partial charge >= 0.3 is 0 Å². The van der Waals surface area contributed by atoms with Crippen molar-refractivity contribution in [3.8, 4) is 0 Å². The highest BCUT2D eigenvalue weighted by Crippen LogP contribution is 2.24. The zero-order valence-corrected chi connectivity index (χ0v) is 12.1. The Hall–Kier alpha value is -0.910. The molecule has 0 aliphatic carbocycles. The fourth-order valence-corrected chi connectivity index (χ4v) is 2.58. The Balaban J connectivity index is 1.98. The first kappa shape index (κ1) is 13.5. The van der Waals surface area contributed by atoms with E-state index < -0.39 is 0 Å². The largest absolute Gasteiger partial charge is 0.314 e. The van der Waals surface area contributed by atoms with Crippen molar-refractivity contribution in [2.24, 2.45) is 0 Å². The van der Waals surface area contributed by atoms with Gasteiger partial charge in [-0.3, -0.25) is 9.69 Å². The molecule has 0 spiro atoms. The van der Waals surface area contributed by atoms with E-state index in [1.54, 1.807) is 4.90 Å². The summed E-state index contributed by atoms with van der Waals surface area (Å²) in [4.78, 5) is 16.1. The minimum absolute atomic E-state index is 0.129. The lowest BCUT2D eigenvalue weighted by Crippen LogP contribution is -2.47. The van der Waals surface area contributed by atoms with E-state index in [-0.39, 0.29) is 5.91 Å². The molecule has 1 fully saturated rings. The summed E-state index contributed by atoms with van der Waals surface area (Å²) in [6.45, 7) is 4.29. The van der Waals surface area contributed by atoms with Crippen molar-refractivity contribution in [2.45, 2.75) is 0 Å². The molecule has 1 aliphatic heterocycles. The van der Waals surface area contributed by atoms with E-state index in [0.29, 0.717) is 6.54 Å². The first-order valence-corrected chi connectivity index (χ1v) is 6.92. The lowest BCUT2D eigenvalue weighted by Gasteiger charge is -2.28. The second-order valence-electron chi connectivity index (χ2n) is 4.43. The van der Waals surface area contributed by atoms with Crippen LogP contribution in [0.5, 0.6) is 0 Å². The third-order valence-corrected chi connectivity index (χ3v) is 3.83. The molecule has 2 rings (SSSR count). The van der Waals surface area contributed by atoms with Gasteiger partial charge in [-0.15, -0.1) is 0 Å². The van der Waals surface area contributed by atoms with Crippen molar-refractivity contribution in [2.75, 3.05) is 44.7 Å². The van der Waals surface area contributed by atoms with Crippen LogP contribution in [0.2, 0.25) is 0 Å². The van der Waals surface area contributed by atoms with E-state index in [2.05, 4.69) is 26.1 Å². The normalized spacial score (nSPS) is 16.6. The fraction of sp³-hybridized carbons (Fsp3) is 0.462. The van der Waals surface area contributed by atoms with E-state index >= 15 is 0 Å². The molecule has 98 valence electrons. The van der Waals surface area contributed by atoms with Crippen molar-refractivity contribution < 1.29 is 4.79 Å². The molecule has 0 bridgehead atoms. The van der Waals surface area contributed by atoms with Crippen LogP contribution in [0.1, 0.15) is 0 Å². The van der Waals surface area contributed by atoms with Crippen LogP contribution < -0.4 is 10.2 Å². The SMILES string of the molecule is CN(C(=O)CN1CCNCC1)c1ccccc1Br. The van der Waals surface area contributed by atoms with Gasteiger partial charge in [0.25, 0.3) is 0 Å². The average Bonchev–Trinajstić information content (AvgIpc) is 2.39. The number of rotatable bonds is 3. The van der Waals surface area contributed by atoms with E-state index in [4.69, 9.17) is 0 Å². The number of amides is 1. The van der Waals surface area contributed by atoms with Gasteiger partial charge in [-0.05, 0) is 28.1 Å². The molecule has 1 aromatic rings. The number of nitrogens with one attached hydrogen (secondary N) is 1. The van der Waals surface area contributed by atoms with Crippen LogP contribution in [-0.2, 0) is 4.79 Å². The Bertz CT molecular complexity index is 418. The maximum absolute atomic E-state index is 12.2. The zero-order chi connectivity index (χ0) is 13.0. The third-order valence-electron chi connectivity index (χ3n) is 3.16. The number of carbonyl (C=O) groups excluding carboxylic acids is 1. The summed E-state index contributed by atoms with van der Waals surface area (Å²) in [6, 6.07) is 7.78. The molecule has 0 unspecified atom stereocenters. The summed E-state index contributed by atoms with van der Waals surface area (Å²) in [6.07, 6.45) is 0. The molecule has 0 saturated carbocycles. The Morgan fingerprint density at radius 1 is 1.39 bits per heavy atom. The van der Waals surface area contributed by atoms with Gasteiger partial charge in [0.1, 0.15) is 0 Å². The van der Waals surface area contributed by atoms with Crippen LogP contribution in [-0.4, -0.2) is 50.6 Å². The maximum Gasteiger partial charge on any atom is 0.240 e. The monoisotopic (exact) mass is 311 g/mol. The predicted molar refractivity (Wildman–Crippen MR) is 76.9 cm³/mol. The van der Waals surface area contributed by atoms with E-state index in [0.717, 1.165) is 36.3 Å². The molecule has 0 radical (unpaired) electrons. The van der Waals surface area contributed by atoms with Crippen LogP contribution in [0, 0.1) is 0 Å². The summed E-state index contributed by atoms with van der Waals surface area (Å²) in [5.74, 6) is 0.129. The molecular formula is C13H18BrN3O. The summed E-state index contributed by atoms with van der Waals surface area (Å²) in [5, 5.41) is 3.28. The summed E-state index contributed by atoms with van der Waals surface area (Å²) in [5.41, 5.74) is 0.914. The Morgan fingerprint density at radius 2 is 2.06 bits per heavy atom. The lowest BCUT2D eigenvalue weighted by atomic mass is 10.3. The van der Waals surface area contributed by atoms with Gasteiger partial charge in [0.05, 0.1) is 12.2 Å². The molecule has 0 aromatic heterocycles. The van der Waals surface area contributed by atoms with Crippen molar-refractivity contribution >= 4 is 27.5 Å². The molecule has 4 nitrogen and oxygen atoms in total. The van der Waals surface area contributed by atoms with Crippen molar-refractivity contribution in [3.05, 3.63) is 28.7 Å². The third kappa shape index (κ3) is 3.31. The number of hydrogen-bond donors (Lipinski definition) is 1. The summed E-state index contributed by atoms with van der Waals surface area (Å²) < 4.78 is 0.946. The molecular weight excluding hydrogens is 294 g/mol. The van der Waals surface area contributed by atoms with E-state index in [1.165, 1.54) is 0 Å². The van der Waals surface area contributed by atoms with Crippen LogP contribution in [0.3, 0.4) is 0 Å². The lowest BCUT2D eigenvalue weighted by molar-refractivity contribution is -0.119. The van der Waals surface area contributed by atoms with Gasteiger partial charge < -0.3 is 10.2 Å². The number of para-hydroxylation sites is 1. The molecule has 1 heterocycles. The first-order chi connectivity index (χ1) is 8.68. The Morgan fingerprint density at radius 3 is 2.72 bits per heavy atom. The summed E-state index contributed by atoms with van der Waals surface area (Å²) in [7, 11) is 1.82. The highest BCUT2D eigenvalue weighted by atomic mass is 79.9. The van der Waals surface area contributed by atoms with Crippen LogP contribution >= 0.6 is 15.9 Å².